The van der Waals surface area contributed by atoms with Gasteiger partial charge in [0.05, 0.1) is 13.7 Å². The number of hydrogen-bond acceptors (Lipinski definition) is 7. The summed E-state index contributed by atoms with van der Waals surface area (Å²) in [6, 6.07) is 12.3. The lowest BCUT2D eigenvalue weighted by Gasteiger charge is -2.36. The number of benzene rings is 3. The number of nitrogens with zero attached hydrogens (tertiary/aromatic N) is 3. The first-order chi connectivity index (χ1) is 26.0. The van der Waals surface area contributed by atoms with Crippen LogP contribution in [0, 0.1) is 17.6 Å². The Morgan fingerprint density at radius 2 is 1.70 bits per heavy atom. The molecular formula is C41H44ClF2N5O5. The number of carbonyl (C=O) groups is 3. The van der Waals surface area contributed by atoms with Gasteiger partial charge in [0, 0.05) is 60.0 Å². The highest BCUT2D eigenvalue weighted by Crippen LogP contribution is 2.38. The van der Waals surface area contributed by atoms with E-state index in [1.165, 1.54) is 28.8 Å². The molecule has 1 atom stereocenters. The van der Waals surface area contributed by atoms with Crippen LogP contribution in [0.25, 0.3) is 21.9 Å². The molecule has 3 amide bonds. The van der Waals surface area contributed by atoms with Crippen molar-refractivity contribution in [3.63, 3.8) is 0 Å². The average molecular weight is 760 g/mol. The molecule has 10 nitrogen and oxygen atoms in total. The fraction of sp³-hybridized carbons (Fsp3) is 0.415. The number of pyridine rings is 1. The first-order valence-corrected chi connectivity index (χ1v) is 18.9. The molecule has 7 rings (SSSR count). The fourth-order valence-corrected chi connectivity index (χ4v) is 8.45. The number of methoxy groups -OCH3 is 1. The minimum absolute atomic E-state index is 0.00364. The summed E-state index contributed by atoms with van der Waals surface area (Å²) in [5, 5.41) is 6.81. The number of nitrogens with one attached hydrogen (secondary N) is 2. The number of amides is 3. The normalized spacial score (nSPS) is 18.9. The molecule has 3 fully saturated rings. The summed E-state index contributed by atoms with van der Waals surface area (Å²) in [7, 11) is 3.27. The van der Waals surface area contributed by atoms with Crippen LogP contribution < -0.4 is 20.9 Å². The third-order valence-electron chi connectivity index (χ3n) is 11.3. The van der Waals surface area contributed by atoms with Crippen molar-refractivity contribution in [3.05, 3.63) is 92.9 Å². The van der Waals surface area contributed by atoms with E-state index in [1.54, 1.807) is 32.5 Å². The second kappa shape index (κ2) is 15.9. The van der Waals surface area contributed by atoms with Crippen molar-refractivity contribution in [2.45, 2.75) is 56.9 Å². The van der Waals surface area contributed by atoms with Crippen molar-refractivity contribution in [2.24, 2.45) is 13.0 Å². The molecule has 284 valence electrons. The van der Waals surface area contributed by atoms with Gasteiger partial charge in [-0.05, 0) is 122 Å². The maximum atomic E-state index is 15.2. The van der Waals surface area contributed by atoms with E-state index in [0.717, 1.165) is 37.1 Å². The molecule has 3 aromatic carbocycles. The van der Waals surface area contributed by atoms with E-state index >= 15 is 4.39 Å². The lowest BCUT2D eigenvalue weighted by Crippen LogP contribution is -2.47. The van der Waals surface area contributed by atoms with Gasteiger partial charge >= 0.3 is 0 Å². The molecular weight excluding hydrogens is 716 g/mol. The standard InChI is InChI=1S/C41H44ClF2N5O5/c1-47-22-33(31-20-27(43)3-5-30(31)41(47)53)26-18-34(42)32(37(19-26)54-2)17-24-9-13-48(14-10-24)23-39(51)49-15-11-25(12-16-49)29-6-4-28(21-35(29)44)45-36-7-8-38(50)46-40(36)52/h3-6,18-22,24-25,36,45H,7-17,23H2,1-2H3,(H,46,50,52). The number of ether oxygens (including phenoxy) is 1. The van der Waals surface area contributed by atoms with E-state index in [2.05, 4.69) is 15.5 Å². The van der Waals surface area contributed by atoms with Gasteiger partial charge in [0.2, 0.25) is 17.7 Å². The quantitative estimate of drug-likeness (QED) is 0.201. The number of rotatable bonds is 9. The summed E-state index contributed by atoms with van der Waals surface area (Å²) in [6.07, 6.45) is 6.14. The van der Waals surface area contributed by atoms with Crippen molar-refractivity contribution in [1.82, 2.24) is 19.7 Å². The second-order valence-corrected chi connectivity index (χ2v) is 15.2. The van der Waals surface area contributed by atoms with Gasteiger partial charge in [0.25, 0.3) is 5.56 Å². The predicted octanol–water partition coefficient (Wildman–Crippen LogP) is 6.02. The molecule has 0 saturated carbocycles. The Morgan fingerprint density at radius 3 is 2.41 bits per heavy atom. The van der Waals surface area contributed by atoms with Crippen molar-refractivity contribution < 1.29 is 27.9 Å². The highest BCUT2D eigenvalue weighted by molar-refractivity contribution is 6.32. The predicted molar refractivity (Wildman–Crippen MR) is 204 cm³/mol. The van der Waals surface area contributed by atoms with Crippen molar-refractivity contribution in [1.29, 1.82) is 0 Å². The van der Waals surface area contributed by atoms with Gasteiger partial charge in [0.15, 0.2) is 0 Å². The van der Waals surface area contributed by atoms with Crippen LogP contribution in [-0.4, -0.2) is 78.0 Å². The number of aryl methyl sites for hydroxylation is 1. The van der Waals surface area contributed by atoms with E-state index in [4.69, 9.17) is 16.3 Å². The van der Waals surface area contributed by atoms with E-state index in [1.807, 2.05) is 17.0 Å². The summed E-state index contributed by atoms with van der Waals surface area (Å²) < 4.78 is 36.8. The molecule has 54 heavy (non-hydrogen) atoms. The number of aromatic nitrogens is 1. The van der Waals surface area contributed by atoms with Crippen molar-refractivity contribution >= 4 is 45.8 Å². The summed E-state index contributed by atoms with van der Waals surface area (Å²) in [5.74, 6) is -0.410. The monoisotopic (exact) mass is 759 g/mol. The largest absolute Gasteiger partial charge is 0.496 e. The lowest BCUT2D eigenvalue weighted by atomic mass is 9.88. The van der Waals surface area contributed by atoms with Crippen molar-refractivity contribution in [2.75, 3.05) is 45.2 Å². The number of likely N-dealkylation sites (tertiary alicyclic amines) is 2. The third-order valence-corrected chi connectivity index (χ3v) is 11.6. The Hall–Kier alpha value is -4.81. The molecule has 0 bridgehead atoms. The smallest absolute Gasteiger partial charge is 0.258 e. The number of halogens is 3. The summed E-state index contributed by atoms with van der Waals surface area (Å²) >= 11 is 6.90. The maximum absolute atomic E-state index is 15.2. The third kappa shape index (κ3) is 8.00. The van der Waals surface area contributed by atoms with Gasteiger partial charge in [-0.1, -0.05) is 17.7 Å². The molecule has 3 aliphatic heterocycles. The molecule has 1 unspecified atom stereocenters. The van der Waals surface area contributed by atoms with Crippen LogP contribution in [0.1, 0.15) is 55.6 Å². The Balaban J connectivity index is 0.910. The summed E-state index contributed by atoms with van der Waals surface area (Å²) in [5.41, 5.74) is 3.21. The number of hydrogen-bond donors (Lipinski definition) is 2. The zero-order valence-corrected chi connectivity index (χ0v) is 31.2. The second-order valence-electron chi connectivity index (χ2n) is 14.8. The maximum Gasteiger partial charge on any atom is 0.258 e. The highest BCUT2D eigenvalue weighted by Gasteiger charge is 2.30. The molecule has 3 saturated heterocycles. The molecule has 2 N–H and O–H groups in total. The number of fused-ring (bicyclic) bond motifs is 1. The lowest BCUT2D eigenvalue weighted by molar-refractivity contribution is -0.134. The molecule has 4 aromatic rings. The Labute approximate surface area is 317 Å². The molecule has 3 aliphatic rings. The van der Waals surface area contributed by atoms with E-state index in [0.29, 0.717) is 89.6 Å². The molecule has 1 aromatic heterocycles. The van der Waals surface area contributed by atoms with Crippen molar-refractivity contribution in [3.8, 4) is 16.9 Å². The van der Waals surface area contributed by atoms with E-state index < -0.39 is 17.8 Å². The van der Waals surface area contributed by atoms with Crippen LogP contribution in [0.15, 0.2) is 59.5 Å². The number of piperidine rings is 3. The van der Waals surface area contributed by atoms with Crippen LogP contribution in [0.5, 0.6) is 5.75 Å². The Bertz CT molecular complexity index is 2160. The molecule has 0 aliphatic carbocycles. The van der Waals surface area contributed by atoms with Gasteiger partial charge in [-0.2, -0.15) is 0 Å². The first kappa shape index (κ1) is 37.5. The number of carbonyl (C=O) groups excluding carboxylic acids is 3. The van der Waals surface area contributed by atoms with Gasteiger partial charge in [-0.3, -0.25) is 29.4 Å². The average Bonchev–Trinajstić information content (AvgIpc) is 3.15. The zero-order chi connectivity index (χ0) is 38.1. The first-order valence-electron chi connectivity index (χ1n) is 18.5. The van der Waals surface area contributed by atoms with Gasteiger partial charge in [0.1, 0.15) is 23.4 Å². The van der Waals surface area contributed by atoms with Crippen LogP contribution in [0.4, 0.5) is 14.5 Å². The van der Waals surface area contributed by atoms with Crippen LogP contribution >= 0.6 is 11.6 Å². The Kier molecular flexibility index (Phi) is 11.0. The topological polar surface area (TPSA) is 113 Å². The highest BCUT2D eigenvalue weighted by atomic mass is 35.5. The van der Waals surface area contributed by atoms with Crippen LogP contribution in [0.2, 0.25) is 5.02 Å². The van der Waals surface area contributed by atoms with Crippen LogP contribution in [-0.2, 0) is 27.9 Å². The van der Waals surface area contributed by atoms with Gasteiger partial charge in [-0.15, -0.1) is 0 Å². The zero-order valence-electron chi connectivity index (χ0n) is 30.4. The minimum Gasteiger partial charge on any atom is -0.496 e. The molecule has 13 heteroatoms. The Morgan fingerprint density at radius 1 is 0.944 bits per heavy atom. The van der Waals surface area contributed by atoms with Gasteiger partial charge < -0.3 is 19.5 Å². The van der Waals surface area contributed by atoms with Gasteiger partial charge in [-0.25, -0.2) is 8.78 Å². The fourth-order valence-electron chi connectivity index (χ4n) is 8.16. The van der Waals surface area contributed by atoms with E-state index in [-0.39, 0.29) is 35.5 Å². The number of imide groups is 1. The van der Waals surface area contributed by atoms with Crippen LogP contribution in [0.3, 0.4) is 0 Å². The SMILES string of the molecule is COc1cc(-c2cn(C)c(=O)c3ccc(F)cc23)cc(Cl)c1CC1CCN(CC(=O)N2CCC(c3ccc(NC4CCC(=O)NC4=O)cc3F)CC2)CC1. The number of anilines is 1. The minimum atomic E-state index is -0.579. The van der Waals surface area contributed by atoms with E-state index in [9.17, 15) is 23.6 Å². The summed E-state index contributed by atoms with van der Waals surface area (Å²) in [6.45, 7) is 3.04. The molecule has 4 heterocycles. The summed E-state index contributed by atoms with van der Waals surface area (Å²) in [4.78, 5) is 53.6. The molecule has 0 radical (unpaired) electrons. The molecule has 0 spiro atoms.